The highest BCUT2D eigenvalue weighted by Crippen LogP contribution is 2.58. The van der Waals surface area contributed by atoms with Gasteiger partial charge >= 0.3 is 0 Å². The molecular weight excluding hydrogens is 673 g/mol. The average molecular weight is 727 g/mol. The number of hydrogen-bond donors (Lipinski definition) is 2. The summed E-state index contributed by atoms with van der Waals surface area (Å²) in [6, 6.07) is 20.3. The van der Waals surface area contributed by atoms with Crippen molar-refractivity contribution in [2.24, 2.45) is 0 Å². The Bertz CT molecular complexity index is 2300. The van der Waals surface area contributed by atoms with Gasteiger partial charge in [-0.15, -0.1) is 12.2 Å². The second-order valence-corrected chi connectivity index (χ2v) is 16.1. The molecule has 10 heteroatoms. The molecule has 1 fully saturated rings. The van der Waals surface area contributed by atoms with E-state index in [-0.39, 0.29) is 0 Å². The summed E-state index contributed by atoms with van der Waals surface area (Å²) in [6.45, 7) is 0. The van der Waals surface area contributed by atoms with Crippen molar-refractivity contribution in [2.45, 2.75) is 24.0 Å². The van der Waals surface area contributed by atoms with Crippen molar-refractivity contribution < 1.29 is 10.2 Å². The molecule has 10 nitrogen and oxygen atoms in total. The van der Waals surface area contributed by atoms with E-state index < -0.39 is 24.0 Å². The van der Waals surface area contributed by atoms with Gasteiger partial charge in [0, 0.05) is 151 Å². The lowest BCUT2D eigenvalue weighted by atomic mass is 9.60. The maximum atomic E-state index is 15.4. The van der Waals surface area contributed by atoms with Crippen LogP contribution in [-0.2, 0) is 0 Å². The number of anilines is 8. The lowest BCUT2D eigenvalue weighted by Gasteiger charge is -2.62. The number of nitrogens with two attached hydrogens (primary N) is 2. The Kier molecular flexibility index (Phi) is 9.06. The first-order valence-corrected chi connectivity index (χ1v) is 18.5. The van der Waals surface area contributed by atoms with Gasteiger partial charge in [0.15, 0.2) is 0 Å². The van der Waals surface area contributed by atoms with E-state index in [0.717, 1.165) is 82.8 Å². The third-order valence-electron chi connectivity index (χ3n) is 11.5. The van der Waals surface area contributed by atoms with Crippen LogP contribution >= 0.6 is 0 Å². The van der Waals surface area contributed by atoms with E-state index in [2.05, 4.69) is 67.8 Å². The summed E-state index contributed by atoms with van der Waals surface area (Å²) >= 11 is 0. The molecule has 0 saturated heterocycles. The minimum Gasteiger partial charge on any atom is -0.851 e. The van der Waals surface area contributed by atoms with E-state index in [1.165, 1.54) is 0 Å². The van der Waals surface area contributed by atoms with Crippen LogP contribution in [0.1, 0.15) is 23.0 Å². The molecule has 54 heavy (non-hydrogen) atoms. The first-order chi connectivity index (χ1) is 25.5. The number of rotatable bonds is 8. The highest BCUT2D eigenvalue weighted by molar-refractivity contribution is 6.26. The molecule has 0 aromatic heterocycles. The van der Waals surface area contributed by atoms with Crippen LogP contribution in [0, 0.1) is 0 Å². The van der Waals surface area contributed by atoms with Gasteiger partial charge in [-0.3, -0.25) is 0 Å². The zero-order valence-corrected chi connectivity index (χ0v) is 33.7. The van der Waals surface area contributed by atoms with Crippen molar-refractivity contribution in [3.8, 4) is 0 Å². The van der Waals surface area contributed by atoms with Crippen LogP contribution in [0.15, 0.2) is 60.7 Å². The topological polar surface area (TPSA) is 118 Å². The predicted octanol–water partition coefficient (Wildman–Crippen LogP) is 5.20. The van der Waals surface area contributed by atoms with E-state index in [0.29, 0.717) is 16.9 Å². The zero-order chi connectivity index (χ0) is 39.2. The van der Waals surface area contributed by atoms with Crippen LogP contribution in [-0.4, -0.2) is 96.8 Å². The van der Waals surface area contributed by atoms with E-state index in [9.17, 15) is 0 Å². The van der Waals surface area contributed by atoms with Crippen LogP contribution in [0.4, 0.5) is 45.5 Å². The summed E-state index contributed by atoms with van der Waals surface area (Å²) in [6.07, 6.45) is -2.53. The summed E-state index contributed by atoms with van der Waals surface area (Å²) in [5.74, 6) is -1.72. The molecular formula is C44H54N8O2-2. The van der Waals surface area contributed by atoms with Gasteiger partial charge in [-0.25, -0.2) is 0 Å². The standard InChI is InChI=1S/C44H54N8O2/c1-47(2)27-17-13-15-23-31(24-16-14-18-28(48(3)4)33(24)41(32(23)27)51(9)10)39-43(53)40(44(39)54)38-34-25(45)19-21-29(49(5)6)36(34)42(52(11)12)37-30(50(7)8)22-20-26(46)35(37)38/h13-22,39-40,43-44H,45-46H2,1-12H3/q-2. The summed E-state index contributed by atoms with van der Waals surface area (Å²) in [7, 11) is 24.3. The number of nitrogen functional groups attached to an aromatic ring is 2. The Labute approximate surface area is 319 Å². The van der Waals surface area contributed by atoms with Crippen molar-refractivity contribution in [3.63, 3.8) is 0 Å². The first-order valence-electron chi connectivity index (χ1n) is 18.5. The third kappa shape index (κ3) is 5.21. The van der Waals surface area contributed by atoms with E-state index >= 15 is 10.2 Å². The van der Waals surface area contributed by atoms with Crippen LogP contribution in [0.2, 0.25) is 0 Å². The molecule has 1 aliphatic rings. The van der Waals surface area contributed by atoms with Crippen LogP contribution < -0.4 is 51.1 Å². The van der Waals surface area contributed by atoms with Gasteiger partial charge in [0.1, 0.15) is 0 Å². The van der Waals surface area contributed by atoms with Gasteiger partial charge < -0.3 is 51.1 Å². The number of fused-ring (bicyclic) bond motifs is 4. The van der Waals surface area contributed by atoms with Gasteiger partial charge in [-0.2, -0.15) is 0 Å². The fraction of sp³-hybridized carbons (Fsp3) is 0.364. The maximum Gasteiger partial charge on any atom is 0.0564 e. The Hall–Kier alpha value is -5.32. The monoisotopic (exact) mass is 726 g/mol. The SMILES string of the molecule is CN(C)c1cccc2c(C3C([O-])C(c4c5c(N)ccc(N(C)C)c5c(N(C)C)c5c(N(C)C)ccc(N)c45)C3[O-])c3cccc(N(C)C)c3c(N(C)C)c12. The van der Waals surface area contributed by atoms with Crippen LogP contribution in [0.5, 0.6) is 0 Å². The average Bonchev–Trinajstić information content (AvgIpc) is 3.10. The number of hydrogen-bond acceptors (Lipinski definition) is 10. The van der Waals surface area contributed by atoms with Crippen molar-refractivity contribution >= 4 is 88.6 Å². The maximum absolute atomic E-state index is 15.4. The molecule has 6 aromatic rings. The molecule has 284 valence electrons. The highest BCUT2D eigenvalue weighted by atomic mass is 16.3. The normalized spacial score (nSPS) is 18.3. The Morgan fingerprint density at radius 1 is 0.389 bits per heavy atom. The van der Waals surface area contributed by atoms with Crippen molar-refractivity contribution in [3.05, 3.63) is 71.8 Å². The number of nitrogens with zero attached hydrogens (tertiary/aromatic N) is 6. The van der Waals surface area contributed by atoms with Gasteiger partial charge in [-0.1, -0.05) is 24.3 Å². The van der Waals surface area contributed by atoms with Gasteiger partial charge in [-0.05, 0) is 70.1 Å². The fourth-order valence-electron chi connectivity index (χ4n) is 9.23. The van der Waals surface area contributed by atoms with Crippen molar-refractivity contribution in [1.29, 1.82) is 0 Å². The predicted molar refractivity (Wildman–Crippen MR) is 231 cm³/mol. The van der Waals surface area contributed by atoms with Crippen molar-refractivity contribution in [1.82, 2.24) is 0 Å². The van der Waals surface area contributed by atoms with E-state index in [1.807, 2.05) is 107 Å². The minimum atomic E-state index is -1.27. The Morgan fingerprint density at radius 2 is 0.722 bits per heavy atom. The van der Waals surface area contributed by atoms with Gasteiger partial charge in [0.25, 0.3) is 0 Å². The molecule has 0 spiro atoms. The van der Waals surface area contributed by atoms with Crippen molar-refractivity contribution in [2.75, 3.05) is 125 Å². The molecule has 2 unspecified atom stereocenters. The molecule has 0 amide bonds. The second-order valence-electron chi connectivity index (χ2n) is 16.1. The summed E-state index contributed by atoms with van der Waals surface area (Å²) in [4.78, 5) is 12.6. The molecule has 1 saturated carbocycles. The summed E-state index contributed by atoms with van der Waals surface area (Å²) in [5.41, 5.74) is 22.4. The fourth-order valence-corrected chi connectivity index (χ4v) is 9.23. The molecule has 0 bridgehead atoms. The Balaban J connectivity index is 1.61. The van der Waals surface area contributed by atoms with E-state index in [4.69, 9.17) is 11.5 Å². The smallest absolute Gasteiger partial charge is 0.0564 e. The molecule has 2 atom stereocenters. The zero-order valence-electron chi connectivity index (χ0n) is 33.7. The quantitative estimate of drug-likeness (QED) is 0.160. The molecule has 0 heterocycles. The number of benzene rings is 6. The minimum absolute atomic E-state index is 0.519. The first kappa shape index (κ1) is 37.0. The molecule has 1 aliphatic carbocycles. The van der Waals surface area contributed by atoms with Gasteiger partial charge in [0.2, 0.25) is 0 Å². The molecule has 0 radical (unpaired) electrons. The van der Waals surface area contributed by atoms with Crippen LogP contribution in [0.25, 0.3) is 43.1 Å². The largest absolute Gasteiger partial charge is 0.851 e. The van der Waals surface area contributed by atoms with Gasteiger partial charge in [0.05, 0.1) is 11.4 Å². The molecule has 0 aliphatic heterocycles. The third-order valence-corrected chi connectivity index (χ3v) is 11.5. The summed E-state index contributed by atoms with van der Waals surface area (Å²) in [5, 5.41) is 38.0. The lowest BCUT2D eigenvalue weighted by Crippen LogP contribution is -2.63. The van der Waals surface area contributed by atoms with Crippen LogP contribution in [0.3, 0.4) is 0 Å². The summed E-state index contributed by atoms with van der Waals surface area (Å²) < 4.78 is 0. The molecule has 7 rings (SSSR count). The second kappa shape index (κ2) is 13.2. The molecule has 4 N–H and O–H groups in total. The van der Waals surface area contributed by atoms with E-state index in [1.54, 1.807) is 0 Å². The highest BCUT2D eigenvalue weighted by Gasteiger charge is 2.43. The Morgan fingerprint density at radius 3 is 1.07 bits per heavy atom. The molecule has 6 aromatic carbocycles. The lowest BCUT2D eigenvalue weighted by molar-refractivity contribution is -0.535.